The second kappa shape index (κ2) is 8.12. The van der Waals surface area contributed by atoms with Gasteiger partial charge in [-0.15, -0.1) is 0 Å². The molecular weight excluding hydrogens is 358 g/mol. The van der Waals surface area contributed by atoms with Gasteiger partial charge in [-0.2, -0.15) is 0 Å². The quantitative estimate of drug-likeness (QED) is 0.682. The standard InChI is InChI=1S/C19H25N7O2/c1-12(2)28-18-14(10-13(3)11-22-18)23-19(27)24-15(16-20-6-8-25(16)4)17-21-7-9-26(17)5/h6-12,15H,1-5H3,(H2,23,24,27). The first kappa shape index (κ1) is 19.4. The summed E-state index contributed by atoms with van der Waals surface area (Å²) in [5, 5.41) is 5.79. The zero-order chi connectivity index (χ0) is 20.3. The lowest BCUT2D eigenvalue weighted by Gasteiger charge is -2.20. The number of carbonyl (C=O) groups excluding carboxylic acids is 1. The molecule has 0 saturated carbocycles. The molecule has 0 spiro atoms. The summed E-state index contributed by atoms with van der Waals surface area (Å²) >= 11 is 0. The molecule has 9 heteroatoms. The maximum atomic E-state index is 12.8. The average molecular weight is 383 g/mol. The predicted molar refractivity (Wildman–Crippen MR) is 105 cm³/mol. The Hall–Kier alpha value is -3.36. The van der Waals surface area contributed by atoms with E-state index in [9.17, 15) is 4.79 Å². The Morgan fingerprint density at radius 1 is 1.07 bits per heavy atom. The van der Waals surface area contributed by atoms with Crippen molar-refractivity contribution in [3.63, 3.8) is 0 Å². The van der Waals surface area contributed by atoms with Crippen molar-refractivity contribution in [1.82, 2.24) is 29.4 Å². The van der Waals surface area contributed by atoms with Gasteiger partial charge in [0.2, 0.25) is 5.88 Å². The lowest BCUT2D eigenvalue weighted by Crippen LogP contribution is -2.36. The maximum absolute atomic E-state index is 12.8. The SMILES string of the molecule is Cc1cnc(OC(C)C)c(NC(=O)NC(c2nccn2C)c2nccn2C)c1. The third-order valence-electron chi connectivity index (χ3n) is 4.09. The highest BCUT2D eigenvalue weighted by molar-refractivity contribution is 5.91. The van der Waals surface area contributed by atoms with Gasteiger partial charge >= 0.3 is 6.03 Å². The monoisotopic (exact) mass is 383 g/mol. The zero-order valence-electron chi connectivity index (χ0n) is 16.7. The molecule has 0 bridgehead atoms. The lowest BCUT2D eigenvalue weighted by atomic mass is 10.2. The molecule has 0 aliphatic rings. The number of imidazole rings is 2. The molecule has 3 rings (SSSR count). The molecule has 148 valence electrons. The van der Waals surface area contributed by atoms with E-state index in [1.54, 1.807) is 18.6 Å². The number of aryl methyl sites for hydroxylation is 3. The maximum Gasteiger partial charge on any atom is 0.320 e. The van der Waals surface area contributed by atoms with Crippen molar-refractivity contribution in [2.75, 3.05) is 5.32 Å². The summed E-state index contributed by atoms with van der Waals surface area (Å²) in [5.41, 5.74) is 1.42. The van der Waals surface area contributed by atoms with Crippen molar-refractivity contribution in [3.8, 4) is 5.88 Å². The van der Waals surface area contributed by atoms with Crippen LogP contribution in [-0.2, 0) is 14.1 Å². The summed E-state index contributed by atoms with van der Waals surface area (Å²) in [6, 6.07) is 0.894. The average Bonchev–Trinajstić information content (AvgIpc) is 3.23. The summed E-state index contributed by atoms with van der Waals surface area (Å²) in [4.78, 5) is 25.8. The minimum absolute atomic E-state index is 0.0632. The van der Waals surface area contributed by atoms with Crippen LogP contribution in [0, 0.1) is 6.92 Å². The fourth-order valence-corrected chi connectivity index (χ4v) is 2.81. The minimum Gasteiger partial charge on any atom is -0.473 e. The first-order valence-electron chi connectivity index (χ1n) is 9.00. The molecule has 0 atom stereocenters. The molecule has 2 amide bonds. The van der Waals surface area contributed by atoms with Crippen LogP contribution in [0.5, 0.6) is 5.88 Å². The third kappa shape index (κ3) is 4.30. The number of rotatable bonds is 6. The molecule has 0 radical (unpaired) electrons. The van der Waals surface area contributed by atoms with Crippen molar-refractivity contribution in [2.24, 2.45) is 14.1 Å². The van der Waals surface area contributed by atoms with E-state index in [4.69, 9.17) is 4.74 Å². The van der Waals surface area contributed by atoms with Gasteiger partial charge in [0.25, 0.3) is 0 Å². The third-order valence-corrected chi connectivity index (χ3v) is 4.09. The summed E-state index contributed by atoms with van der Waals surface area (Å²) in [6.45, 7) is 5.72. The molecule has 0 aliphatic carbocycles. The first-order valence-corrected chi connectivity index (χ1v) is 9.00. The minimum atomic E-state index is -0.521. The fraction of sp³-hybridized carbons (Fsp3) is 0.368. The van der Waals surface area contributed by atoms with E-state index in [0.717, 1.165) is 5.56 Å². The van der Waals surface area contributed by atoms with Gasteiger partial charge in [-0.3, -0.25) is 0 Å². The van der Waals surface area contributed by atoms with Gasteiger partial charge in [-0.25, -0.2) is 19.7 Å². The highest BCUT2D eigenvalue weighted by atomic mass is 16.5. The highest BCUT2D eigenvalue weighted by Gasteiger charge is 2.25. The van der Waals surface area contributed by atoms with E-state index < -0.39 is 12.1 Å². The number of hydrogen-bond acceptors (Lipinski definition) is 5. The van der Waals surface area contributed by atoms with Crippen LogP contribution in [0.2, 0.25) is 0 Å². The van der Waals surface area contributed by atoms with Crippen LogP contribution in [-0.4, -0.2) is 36.2 Å². The number of pyridine rings is 1. The Morgan fingerprint density at radius 2 is 1.68 bits per heavy atom. The van der Waals surface area contributed by atoms with Crippen LogP contribution < -0.4 is 15.4 Å². The predicted octanol–water partition coefficient (Wildman–Crippen LogP) is 2.56. The second-order valence-corrected chi connectivity index (χ2v) is 6.86. The van der Waals surface area contributed by atoms with Crippen LogP contribution >= 0.6 is 0 Å². The summed E-state index contributed by atoms with van der Waals surface area (Å²) in [6.07, 6.45) is 8.65. The van der Waals surface area contributed by atoms with Gasteiger partial charge in [0.05, 0.1) is 6.10 Å². The summed E-state index contributed by atoms with van der Waals surface area (Å²) in [7, 11) is 3.74. The molecule has 0 unspecified atom stereocenters. The number of ether oxygens (including phenoxy) is 1. The Kier molecular flexibility index (Phi) is 5.62. The topological polar surface area (TPSA) is 98.9 Å². The van der Waals surface area contributed by atoms with E-state index in [0.29, 0.717) is 23.2 Å². The van der Waals surface area contributed by atoms with E-state index in [1.165, 1.54) is 0 Å². The number of anilines is 1. The van der Waals surface area contributed by atoms with Crippen LogP contribution in [0.15, 0.2) is 37.1 Å². The number of carbonyl (C=O) groups is 1. The van der Waals surface area contributed by atoms with Crippen molar-refractivity contribution in [1.29, 1.82) is 0 Å². The van der Waals surface area contributed by atoms with E-state index in [1.807, 2.05) is 62.5 Å². The normalized spacial score (nSPS) is 11.1. The van der Waals surface area contributed by atoms with Crippen molar-refractivity contribution < 1.29 is 9.53 Å². The van der Waals surface area contributed by atoms with Gasteiger partial charge in [0.15, 0.2) is 0 Å². The van der Waals surface area contributed by atoms with Gasteiger partial charge in [0, 0.05) is 45.1 Å². The molecular formula is C19H25N7O2. The molecule has 0 saturated heterocycles. The first-order chi connectivity index (χ1) is 13.3. The van der Waals surface area contributed by atoms with Crippen LogP contribution in [0.3, 0.4) is 0 Å². The lowest BCUT2D eigenvalue weighted by molar-refractivity contribution is 0.232. The van der Waals surface area contributed by atoms with E-state index in [2.05, 4.69) is 25.6 Å². The van der Waals surface area contributed by atoms with E-state index in [-0.39, 0.29) is 6.10 Å². The van der Waals surface area contributed by atoms with Gasteiger partial charge in [-0.05, 0) is 32.4 Å². The summed E-state index contributed by atoms with van der Waals surface area (Å²) < 4.78 is 9.40. The molecule has 0 aliphatic heterocycles. The Labute approximate surface area is 163 Å². The Morgan fingerprint density at radius 3 is 2.18 bits per heavy atom. The number of nitrogens with zero attached hydrogens (tertiary/aromatic N) is 5. The molecule has 0 fully saturated rings. The van der Waals surface area contributed by atoms with Crippen LogP contribution in [0.25, 0.3) is 0 Å². The Bertz CT molecular complexity index is 921. The van der Waals surface area contributed by atoms with Crippen molar-refractivity contribution >= 4 is 11.7 Å². The molecule has 2 N–H and O–H groups in total. The zero-order valence-corrected chi connectivity index (χ0v) is 16.7. The Balaban J connectivity index is 1.85. The number of urea groups is 1. The molecule has 0 aromatic carbocycles. The molecule has 9 nitrogen and oxygen atoms in total. The summed E-state index contributed by atoms with van der Waals surface area (Å²) in [5.74, 6) is 1.72. The fourth-order valence-electron chi connectivity index (χ4n) is 2.81. The van der Waals surface area contributed by atoms with Crippen LogP contribution in [0.1, 0.15) is 37.1 Å². The van der Waals surface area contributed by atoms with Crippen LogP contribution in [0.4, 0.5) is 10.5 Å². The second-order valence-electron chi connectivity index (χ2n) is 6.86. The molecule has 28 heavy (non-hydrogen) atoms. The molecule has 3 aromatic heterocycles. The number of nitrogens with one attached hydrogen (secondary N) is 2. The largest absolute Gasteiger partial charge is 0.473 e. The van der Waals surface area contributed by atoms with Crippen molar-refractivity contribution in [2.45, 2.75) is 32.9 Å². The highest BCUT2D eigenvalue weighted by Crippen LogP contribution is 2.24. The molecule has 3 aromatic rings. The molecule has 3 heterocycles. The van der Waals surface area contributed by atoms with Crippen molar-refractivity contribution in [3.05, 3.63) is 54.3 Å². The van der Waals surface area contributed by atoms with E-state index >= 15 is 0 Å². The number of hydrogen-bond donors (Lipinski definition) is 2. The number of aromatic nitrogens is 5. The van der Waals surface area contributed by atoms with Gasteiger partial charge < -0.3 is 24.5 Å². The smallest absolute Gasteiger partial charge is 0.320 e. The van der Waals surface area contributed by atoms with Gasteiger partial charge in [0.1, 0.15) is 23.4 Å². The number of amides is 2. The van der Waals surface area contributed by atoms with Gasteiger partial charge in [-0.1, -0.05) is 0 Å².